The van der Waals surface area contributed by atoms with Crippen LogP contribution in [0.3, 0.4) is 0 Å². The van der Waals surface area contributed by atoms with Crippen LogP contribution in [0.4, 0.5) is 0 Å². The number of rotatable bonds is 4. The van der Waals surface area contributed by atoms with Gasteiger partial charge in [-0.05, 0) is 39.5 Å². The van der Waals surface area contributed by atoms with Gasteiger partial charge < -0.3 is 19.8 Å². The van der Waals surface area contributed by atoms with Crippen LogP contribution in [-0.4, -0.2) is 93.5 Å². The van der Waals surface area contributed by atoms with Crippen molar-refractivity contribution >= 4 is 18.3 Å². The first-order chi connectivity index (χ1) is 15.3. The summed E-state index contributed by atoms with van der Waals surface area (Å²) in [6.45, 7) is 7.27. The van der Waals surface area contributed by atoms with Crippen molar-refractivity contribution in [1.29, 1.82) is 0 Å². The summed E-state index contributed by atoms with van der Waals surface area (Å²) in [6.07, 6.45) is 3.77. The van der Waals surface area contributed by atoms with Crippen LogP contribution in [-0.2, 0) is 25.5 Å². The number of esters is 1. The average molecular weight is 451 g/mol. The minimum Gasteiger partial charge on any atom is -0.483 e. The quantitative estimate of drug-likeness (QED) is 0.449. The monoisotopic (exact) mass is 450 g/mol. The summed E-state index contributed by atoms with van der Waals surface area (Å²) < 4.78 is 5.74. The topological polar surface area (TPSA) is 136 Å². The third-order valence-electron chi connectivity index (χ3n) is 7.03. The number of hydrogen-bond acceptors (Lipinski definition) is 7. The molecule has 4 rings (SSSR count). The zero-order valence-electron chi connectivity index (χ0n) is 18.9. The predicted molar refractivity (Wildman–Crippen MR) is 115 cm³/mol. The van der Waals surface area contributed by atoms with Crippen molar-refractivity contribution in [3.63, 3.8) is 0 Å². The van der Waals surface area contributed by atoms with Crippen LogP contribution < -0.4 is 0 Å². The van der Waals surface area contributed by atoms with E-state index >= 15 is 0 Å². The number of likely N-dealkylation sites (tertiary alicyclic amines) is 2. The Morgan fingerprint density at radius 2 is 1.88 bits per heavy atom. The highest BCUT2D eigenvalue weighted by Crippen LogP contribution is 2.43. The number of H-pyrrole nitrogens is 1. The zero-order valence-corrected chi connectivity index (χ0v) is 18.9. The molecule has 3 saturated heterocycles. The Labute approximate surface area is 187 Å². The number of aliphatic hydroxyl groups is 1. The lowest BCUT2D eigenvalue weighted by atomic mass is 9.76. The number of hydrogen-bond donors (Lipinski definition) is 3. The number of piperidine rings is 2. The maximum absolute atomic E-state index is 12.7. The second-order valence-electron chi connectivity index (χ2n) is 9.12. The molecule has 3 aliphatic rings. The minimum absolute atomic E-state index is 0.0729. The number of aryl methyl sites for hydroxylation is 2. The van der Waals surface area contributed by atoms with Gasteiger partial charge in [-0.25, -0.2) is 0 Å². The normalized spacial score (nSPS) is 23.5. The van der Waals surface area contributed by atoms with Crippen LogP contribution in [0, 0.1) is 19.3 Å². The second-order valence-corrected chi connectivity index (χ2v) is 9.12. The molecule has 0 aliphatic carbocycles. The van der Waals surface area contributed by atoms with Crippen LogP contribution in [0.1, 0.15) is 49.1 Å². The van der Waals surface area contributed by atoms with Crippen molar-refractivity contribution in [3.8, 4) is 0 Å². The van der Waals surface area contributed by atoms with E-state index in [9.17, 15) is 14.7 Å². The fraction of sp³-hybridized carbons (Fsp3) is 0.727. The number of cyclic esters (lactones) is 1. The van der Waals surface area contributed by atoms with E-state index in [0.717, 1.165) is 55.8 Å². The van der Waals surface area contributed by atoms with Gasteiger partial charge in [0.05, 0.1) is 23.6 Å². The molecule has 32 heavy (non-hydrogen) atoms. The van der Waals surface area contributed by atoms with Crippen molar-refractivity contribution in [2.75, 3.05) is 32.7 Å². The Morgan fingerprint density at radius 3 is 2.44 bits per heavy atom. The summed E-state index contributed by atoms with van der Waals surface area (Å²) in [5, 5.41) is 23.6. The number of amides is 1. The van der Waals surface area contributed by atoms with Crippen LogP contribution in [0.15, 0.2) is 0 Å². The summed E-state index contributed by atoms with van der Waals surface area (Å²) in [6, 6.07) is 0. The Balaban J connectivity index is 0.000000913. The van der Waals surface area contributed by atoms with Crippen molar-refractivity contribution in [2.24, 2.45) is 5.41 Å². The maximum Gasteiger partial charge on any atom is 0.312 e. The van der Waals surface area contributed by atoms with Gasteiger partial charge in [0.1, 0.15) is 6.10 Å². The van der Waals surface area contributed by atoms with E-state index in [1.54, 1.807) is 0 Å². The van der Waals surface area contributed by atoms with E-state index in [4.69, 9.17) is 14.6 Å². The number of aliphatic hydroxyl groups excluding tert-OH is 1. The fourth-order valence-electron chi connectivity index (χ4n) is 5.02. The molecule has 178 valence electrons. The van der Waals surface area contributed by atoms with Crippen molar-refractivity contribution in [2.45, 2.75) is 64.6 Å². The molecular formula is C22H34N4O6. The van der Waals surface area contributed by atoms with Gasteiger partial charge in [-0.2, -0.15) is 5.10 Å². The predicted octanol–water partition coefficient (Wildman–Crippen LogP) is 0.651. The van der Waals surface area contributed by atoms with Gasteiger partial charge in [-0.3, -0.25) is 24.4 Å². The van der Waals surface area contributed by atoms with E-state index in [2.05, 4.69) is 15.1 Å². The number of aromatic amines is 1. The van der Waals surface area contributed by atoms with Crippen LogP contribution >= 0.6 is 0 Å². The molecule has 1 atom stereocenters. The summed E-state index contributed by atoms with van der Waals surface area (Å²) in [5.41, 5.74) is 2.36. The van der Waals surface area contributed by atoms with Crippen LogP contribution in [0.2, 0.25) is 0 Å². The molecule has 4 heterocycles. The summed E-state index contributed by atoms with van der Waals surface area (Å²) in [5.74, 6) is 0.00963. The first-order valence-electron chi connectivity index (χ1n) is 11.3. The lowest BCUT2D eigenvalue weighted by Crippen LogP contribution is -2.45. The standard InChI is InChI=1S/C21H32N4O4.CH2O2/c1-14-18(15(2)23-22-14)11-19(27)25-9-5-21(6-10-25)12-17(29-20(21)28)13-24-7-3-16(26)4-8-24;2-1-3/h16-17,26H,3-13H2,1-2H3,(H,22,23);1H,(H,2,3). The molecule has 0 radical (unpaired) electrons. The average Bonchev–Trinajstić information content (AvgIpc) is 3.24. The molecular weight excluding hydrogens is 416 g/mol. The van der Waals surface area contributed by atoms with E-state index in [0.29, 0.717) is 32.4 Å². The molecule has 1 amide bonds. The lowest BCUT2D eigenvalue weighted by Gasteiger charge is -2.37. The molecule has 3 fully saturated rings. The van der Waals surface area contributed by atoms with Crippen molar-refractivity contribution in [1.82, 2.24) is 20.0 Å². The van der Waals surface area contributed by atoms with Gasteiger partial charge in [-0.1, -0.05) is 0 Å². The first-order valence-corrected chi connectivity index (χ1v) is 11.3. The van der Waals surface area contributed by atoms with Gasteiger partial charge >= 0.3 is 5.97 Å². The zero-order chi connectivity index (χ0) is 23.3. The van der Waals surface area contributed by atoms with Crippen molar-refractivity contribution in [3.05, 3.63) is 17.0 Å². The van der Waals surface area contributed by atoms with E-state index in [1.807, 2.05) is 18.7 Å². The Bertz CT molecular complexity index is 790. The highest BCUT2D eigenvalue weighted by Gasteiger charge is 2.51. The highest BCUT2D eigenvalue weighted by molar-refractivity contribution is 5.82. The number of carbonyl (C=O) groups is 3. The van der Waals surface area contributed by atoms with E-state index in [1.165, 1.54) is 0 Å². The van der Waals surface area contributed by atoms with Gasteiger partial charge in [0.15, 0.2) is 0 Å². The molecule has 1 aromatic rings. The van der Waals surface area contributed by atoms with Gasteiger partial charge in [0.2, 0.25) is 5.91 Å². The lowest BCUT2D eigenvalue weighted by molar-refractivity contribution is -0.153. The number of nitrogens with zero attached hydrogens (tertiary/aromatic N) is 3. The number of nitrogens with one attached hydrogen (secondary N) is 1. The molecule has 0 saturated carbocycles. The fourth-order valence-corrected chi connectivity index (χ4v) is 5.02. The third-order valence-corrected chi connectivity index (χ3v) is 7.03. The number of carbonyl (C=O) groups excluding carboxylic acids is 2. The highest BCUT2D eigenvalue weighted by atomic mass is 16.6. The molecule has 1 spiro atoms. The van der Waals surface area contributed by atoms with E-state index < -0.39 is 5.41 Å². The summed E-state index contributed by atoms with van der Waals surface area (Å²) in [7, 11) is 0. The Morgan fingerprint density at radius 1 is 1.25 bits per heavy atom. The van der Waals surface area contributed by atoms with Crippen LogP contribution in [0.25, 0.3) is 0 Å². The molecule has 1 aromatic heterocycles. The Kier molecular flexibility index (Phi) is 7.89. The van der Waals surface area contributed by atoms with E-state index in [-0.39, 0.29) is 30.6 Å². The van der Waals surface area contributed by atoms with Gasteiger partial charge in [0.25, 0.3) is 6.47 Å². The molecule has 1 unspecified atom stereocenters. The molecule has 10 heteroatoms. The molecule has 3 aliphatic heterocycles. The number of aromatic nitrogens is 2. The Hall–Kier alpha value is -2.46. The first kappa shape index (κ1) is 24.2. The van der Waals surface area contributed by atoms with Gasteiger partial charge in [-0.15, -0.1) is 0 Å². The number of carboxylic acid groups (broad SMARTS) is 1. The minimum atomic E-state index is -0.432. The van der Waals surface area contributed by atoms with Crippen molar-refractivity contribution < 1.29 is 29.3 Å². The molecule has 0 bridgehead atoms. The van der Waals surface area contributed by atoms with Crippen LogP contribution in [0.5, 0.6) is 0 Å². The largest absolute Gasteiger partial charge is 0.483 e. The molecule has 10 nitrogen and oxygen atoms in total. The van der Waals surface area contributed by atoms with Gasteiger partial charge in [0, 0.05) is 50.4 Å². The summed E-state index contributed by atoms with van der Waals surface area (Å²) >= 11 is 0. The maximum atomic E-state index is 12.7. The smallest absolute Gasteiger partial charge is 0.312 e. The second kappa shape index (κ2) is 10.4. The molecule has 0 aromatic carbocycles. The number of ether oxygens (including phenoxy) is 1. The third kappa shape index (κ3) is 5.47. The summed E-state index contributed by atoms with van der Waals surface area (Å²) in [4.78, 5) is 38.0. The molecule has 3 N–H and O–H groups in total. The SMILES string of the molecule is Cc1n[nH]c(C)c1CC(=O)N1CCC2(CC1)CC(CN1CCC(O)CC1)OC2=O.O=CO.